The summed E-state index contributed by atoms with van der Waals surface area (Å²) in [6, 6.07) is 9.85. The first kappa shape index (κ1) is 23.2. The van der Waals surface area contributed by atoms with E-state index in [-0.39, 0.29) is 16.8 Å². The molecule has 1 saturated carbocycles. The lowest BCUT2D eigenvalue weighted by Gasteiger charge is -2.17. The number of carbonyl (C=O) groups is 2. The summed E-state index contributed by atoms with van der Waals surface area (Å²) >= 11 is -1.40. The van der Waals surface area contributed by atoms with Crippen LogP contribution < -0.4 is 10.6 Å². The predicted octanol–water partition coefficient (Wildman–Crippen LogP) is 4.83. The molecule has 0 radical (unpaired) electrons. The molecule has 1 aromatic carbocycles. The van der Waals surface area contributed by atoms with Crippen molar-refractivity contribution in [1.82, 2.24) is 9.97 Å². The Kier molecular flexibility index (Phi) is 7.26. The van der Waals surface area contributed by atoms with Gasteiger partial charge in [-0.15, -0.1) is 11.3 Å². The highest BCUT2D eigenvalue weighted by molar-refractivity contribution is 7.79. The fourth-order valence-corrected chi connectivity index (χ4v) is 5.74. The Hall–Kier alpha value is -2.95. The van der Waals surface area contributed by atoms with Gasteiger partial charge >= 0.3 is 6.03 Å². The highest BCUT2D eigenvalue weighted by Crippen LogP contribution is 2.33. The Morgan fingerprint density at radius 3 is 2.64 bits per heavy atom. The zero-order chi connectivity index (χ0) is 23.4. The highest BCUT2D eigenvalue weighted by atomic mass is 32.2. The van der Waals surface area contributed by atoms with E-state index in [1.54, 1.807) is 30.3 Å². The second-order valence-electron chi connectivity index (χ2n) is 7.94. The van der Waals surface area contributed by atoms with Gasteiger partial charge in [-0.2, -0.15) is 0 Å². The average Bonchev–Trinajstić information content (AvgIpc) is 3.48. The van der Waals surface area contributed by atoms with E-state index in [0.29, 0.717) is 21.8 Å². The van der Waals surface area contributed by atoms with Crippen molar-refractivity contribution in [3.05, 3.63) is 70.5 Å². The van der Waals surface area contributed by atoms with Gasteiger partial charge < -0.3 is 9.87 Å². The third-order valence-electron chi connectivity index (χ3n) is 5.57. The largest absolute Gasteiger partial charge is 0.772 e. The number of Topliss-reactive ketones (excluding diaryl/α,β-unsaturated/α-hetero) is 1. The molecular formula is C23H23N4O4S2-. The van der Waals surface area contributed by atoms with Crippen LogP contribution >= 0.6 is 11.3 Å². The summed E-state index contributed by atoms with van der Waals surface area (Å²) in [5, 5.41) is 4.64. The summed E-state index contributed by atoms with van der Waals surface area (Å²) in [5.41, 5.74) is 2.27. The van der Waals surface area contributed by atoms with E-state index in [9.17, 15) is 18.4 Å². The molecule has 10 heteroatoms. The minimum atomic E-state index is -2.46. The molecule has 2 unspecified atom stereocenters. The van der Waals surface area contributed by atoms with Gasteiger partial charge in [-0.3, -0.25) is 19.3 Å². The van der Waals surface area contributed by atoms with E-state index in [1.165, 1.54) is 12.4 Å². The molecule has 2 aromatic heterocycles. The molecule has 33 heavy (non-hydrogen) atoms. The van der Waals surface area contributed by atoms with Gasteiger partial charge in [0.2, 0.25) is 0 Å². The number of aromatic nitrogens is 2. The molecular weight excluding hydrogens is 460 g/mol. The predicted molar refractivity (Wildman–Crippen MR) is 127 cm³/mol. The van der Waals surface area contributed by atoms with E-state index >= 15 is 0 Å². The number of hydrogen-bond acceptors (Lipinski definition) is 7. The number of thiazole rings is 1. The fourth-order valence-electron chi connectivity index (χ4n) is 3.97. The maximum Gasteiger partial charge on any atom is 0.325 e. The Bertz CT molecular complexity index is 1180. The van der Waals surface area contributed by atoms with Crippen LogP contribution in [0.5, 0.6) is 0 Å². The number of carbonyl (C=O) groups excluding carboxylic acids is 2. The van der Waals surface area contributed by atoms with Gasteiger partial charge in [-0.25, -0.2) is 9.78 Å². The number of amides is 2. The molecule has 0 bridgehead atoms. The molecule has 0 spiro atoms. The van der Waals surface area contributed by atoms with Crippen molar-refractivity contribution in [2.45, 2.75) is 37.9 Å². The molecule has 0 aliphatic heterocycles. The van der Waals surface area contributed by atoms with Gasteiger partial charge in [0.05, 0.1) is 16.6 Å². The molecule has 2 heterocycles. The van der Waals surface area contributed by atoms with Crippen molar-refractivity contribution in [3.63, 3.8) is 0 Å². The topological polar surface area (TPSA) is 124 Å². The number of rotatable bonds is 7. The first-order chi connectivity index (χ1) is 15.9. The van der Waals surface area contributed by atoms with Crippen LogP contribution in [0.3, 0.4) is 0 Å². The molecule has 172 valence electrons. The lowest BCUT2D eigenvalue weighted by Crippen LogP contribution is -2.22. The Balaban J connectivity index is 1.49. The smallest absolute Gasteiger partial charge is 0.325 e. The van der Waals surface area contributed by atoms with Crippen molar-refractivity contribution < 1.29 is 18.4 Å². The second kappa shape index (κ2) is 10.3. The summed E-state index contributed by atoms with van der Waals surface area (Å²) in [7, 11) is 0. The number of ketones is 1. The van der Waals surface area contributed by atoms with Gasteiger partial charge in [0, 0.05) is 28.8 Å². The highest BCUT2D eigenvalue weighted by Gasteiger charge is 2.26. The molecule has 4 rings (SSSR count). The first-order valence-corrected chi connectivity index (χ1v) is 12.6. The zero-order valence-corrected chi connectivity index (χ0v) is 19.6. The average molecular weight is 484 g/mol. The van der Waals surface area contributed by atoms with Crippen LogP contribution in [0.25, 0.3) is 0 Å². The number of benzene rings is 1. The summed E-state index contributed by atoms with van der Waals surface area (Å²) in [6.07, 6.45) is 6.78. The molecule has 2 atom stereocenters. The molecule has 1 fully saturated rings. The van der Waals surface area contributed by atoms with Gasteiger partial charge in [0.1, 0.15) is 0 Å². The molecule has 8 nitrogen and oxygen atoms in total. The van der Waals surface area contributed by atoms with Crippen molar-refractivity contribution in [2.24, 2.45) is 5.92 Å². The van der Waals surface area contributed by atoms with Crippen LogP contribution in [0.2, 0.25) is 0 Å². The molecule has 1 aliphatic carbocycles. The van der Waals surface area contributed by atoms with Crippen LogP contribution in [0, 0.1) is 12.8 Å². The Morgan fingerprint density at radius 1 is 1.15 bits per heavy atom. The quantitative estimate of drug-likeness (QED) is 0.366. The van der Waals surface area contributed by atoms with Crippen molar-refractivity contribution >= 4 is 45.1 Å². The van der Waals surface area contributed by atoms with E-state index in [0.717, 1.165) is 42.6 Å². The van der Waals surface area contributed by atoms with E-state index in [2.05, 4.69) is 20.6 Å². The number of pyridine rings is 1. The first-order valence-electron chi connectivity index (χ1n) is 10.6. The summed E-state index contributed by atoms with van der Waals surface area (Å²) in [5.74, 6) is 0.0487. The SMILES string of the molecule is Cc1ccc(NC(=O)Nc2ncc(C(c3ccccn3)S(=O)[O-])s2)c(C(=O)C2CCCC2)c1. The second-order valence-corrected chi connectivity index (χ2v) is 9.99. The Morgan fingerprint density at radius 2 is 1.94 bits per heavy atom. The standard InChI is InChI=1S/C23H24N4O4S2/c1-14-9-10-17(16(12-14)20(28)15-6-2-3-7-15)26-22(29)27-23-25-13-19(32-23)21(33(30)31)18-8-4-5-11-24-18/h4-5,8-13,15,21H,2-3,6-7H2,1H3,(H,30,31)(H2,25,26,27,29)/p-1. The molecule has 2 N–H and O–H groups in total. The number of anilines is 2. The zero-order valence-electron chi connectivity index (χ0n) is 17.9. The van der Waals surface area contributed by atoms with E-state index < -0.39 is 22.4 Å². The third-order valence-corrected chi connectivity index (χ3v) is 7.57. The van der Waals surface area contributed by atoms with Gasteiger partial charge in [-0.05, 0) is 55.1 Å². The normalized spacial score (nSPS) is 15.7. The maximum absolute atomic E-state index is 13.0. The van der Waals surface area contributed by atoms with Gasteiger partial charge in [0.25, 0.3) is 0 Å². The van der Waals surface area contributed by atoms with E-state index in [1.807, 2.05) is 13.0 Å². The van der Waals surface area contributed by atoms with Crippen LogP contribution in [0.15, 0.2) is 48.8 Å². The number of aryl methyl sites for hydroxylation is 1. The molecule has 2 amide bonds. The minimum Gasteiger partial charge on any atom is -0.772 e. The minimum absolute atomic E-state index is 0.00609. The fraction of sp³-hybridized carbons (Fsp3) is 0.304. The molecule has 3 aromatic rings. The van der Waals surface area contributed by atoms with Crippen molar-refractivity contribution in [2.75, 3.05) is 10.6 Å². The van der Waals surface area contributed by atoms with Crippen LogP contribution in [0.4, 0.5) is 15.6 Å². The van der Waals surface area contributed by atoms with Crippen LogP contribution in [-0.4, -0.2) is 30.5 Å². The lowest BCUT2D eigenvalue weighted by molar-refractivity contribution is 0.0923. The van der Waals surface area contributed by atoms with E-state index in [4.69, 9.17) is 0 Å². The van der Waals surface area contributed by atoms with Crippen LogP contribution in [0.1, 0.15) is 57.4 Å². The summed E-state index contributed by atoms with van der Waals surface area (Å²) < 4.78 is 23.6. The van der Waals surface area contributed by atoms with Crippen molar-refractivity contribution in [3.8, 4) is 0 Å². The number of hydrogen-bond donors (Lipinski definition) is 2. The van der Waals surface area contributed by atoms with Gasteiger partial charge in [-0.1, -0.05) is 30.5 Å². The third kappa shape index (κ3) is 5.52. The lowest BCUT2D eigenvalue weighted by atomic mass is 9.94. The monoisotopic (exact) mass is 483 g/mol. The summed E-state index contributed by atoms with van der Waals surface area (Å²) in [4.78, 5) is 34.3. The van der Waals surface area contributed by atoms with Crippen LogP contribution in [-0.2, 0) is 11.1 Å². The molecule has 0 saturated heterocycles. The molecule has 1 aliphatic rings. The Labute approximate surface area is 198 Å². The maximum atomic E-state index is 13.0. The van der Waals surface area contributed by atoms with Crippen molar-refractivity contribution in [1.29, 1.82) is 0 Å². The number of nitrogens with zero attached hydrogens (tertiary/aromatic N) is 2. The van der Waals surface area contributed by atoms with Gasteiger partial charge in [0.15, 0.2) is 10.9 Å². The number of nitrogens with one attached hydrogen (secondary N) is 2. The summed E-state index contributed by atoms with van der Waals surface area (Å²) in [6.45, 7) is 1.91. The number of urea groups is 1.